The number of hydrogen-bond donors (Lipinski definition) is 1. The molecule has 1 aliphatic carbocycles. The minimum atomic E-state index is -0.0626. The van der Waals surface area contributed by atoms with Crippen molar-refractivity contribution in [2.45, 2.75) is 51.0 Å². The summed E-state index contributed by atoms with van der Waals surface area (Å²) >= 11 is 1.80. The molecule has 0 spiro atoms. The van der Waals surface area contributed by atoms with Crippen LogP contribution in [0.5, 0.6) is 0 Å². The quantitative estimate of drug-likeness (QED) is 0.828. The Hall–Kier alpha value is -0.340. The van der Waals surface area contributed by atoms with E-state index in [0.717, 1.165) is 12.8 Å². The van der Waals surface area contributed by atoms with Crippen LogP contribution in [0.15, 0.2) is 17.5 Å². The van der Waals surface area contributed by atoms with Crippen LogP contribution in [0.25, 0.3) is 0 Å². The molecule has 0 amide bonds. The van der Waals surface area contributed by atoms with Gasteiger partial charge < -0.3 is 5.11 Å². The highest BCUT2D eigenvalue weighted by molar-refractivity contribution is 7.09. The Labute approximate surface area is 96.1 Å². The molecule has 84 valence electrons. The Morgan fingerprint density at radius 1 is 1.33 bits per heavy atom. The fourth-order valence-electron chi connectivity index (χ4n) is 2.50. The number of thiophene rings is 1. The van der Waals surface area contributed by atoms with Gasteiger partial charge in [-0.2, -0.15) is 0 Å². The molecule has 1 aliphatic rings. The molecule has 1 nitrogen and oxygen atoms in total. The summed E-state index contributed by atoms with van der Waals surface area (Å²) in [7, 11) is 0. The molecule has 1 fully saturated rings. The van der Waals surface area contributed by atoms with Crippen molar-refractivity contribution in [3.8, 4) is 0 Å². The van der Waals surface area contributed by atoms with Gasteiger partial charge in [0.2, 0.25) is 0 Å². The predicted molar refractivity (Wildman–Crippen MR) is 65.2 cm³/mol. The van der Waals surface area contributed by atoms with Crippen molar-refractivity contribution in [2.75, 3.05) is 0 Å². The molecule has 0 bridgehead atoms. The standard InChI is InChI=1S/C13H20OS/c14-13(11-5-2-1-3-6-11)9-8-12-7-4-10-15-12/h4,7,10-11,13-14H,1-3,5-6,8-9H2/t13-/m0/s1. The van der Waals surface area contributed by atoms with Gasteiger partial charge in [0.15, 0.2) is 0 Å². The van der Waals surface area contributed by atoms with Gasteiger partial charge in [0.1, 0.15) is 0 Å². The lowest BCUT2D eigenvalue weighted by Crippen LogP contribution is -2.23. The van der Waals surface area contributed by atoms with Crippen molar-refractivity contribution < 1.29 is 5.11 Å². The Bertz CT molecular complexity index is 262. The summed E-state index contributed by atoms with van der Waals surface area (Å²) in [5.41, 5.74) is 0. The number of aliphatic hydroxyl groups is 1. The summed E-state index contributed by atoms with van der Waals surface area (Å²) < 4.78 is 0. The van der Waals surface area contributed by atoms with E-state index in [1.54, 1.807) is 11.3 Å². The third-order valence-corrected chi connectivity index (χ3v) is 4.40. The van der Waals surface area contributed by atoms with Crippen LogP contribution < -0.4 is 0 Å². The van der Waals surface area contributed by atoms with Gasteiger partial charge in [-0.05, 0) is 43.0 Å². The number of rotatable bonds is 4. The molecule has 0 unspecified atom stereocenters. The Morgan fingerprint density at radius 2 is 2.13 bits per heavy atom. The van der Waals surface area contributed by atoms with Crippen LogP contribution >= 0.6 is 11.3 Å². The van der Waals surface area contributed by atoms with Crippen molar-refractivity contribution in [1.82, 2.24) is 0 Å². The van der Waals surface area contributed by atoms with Gasteiger partial charge in [0.25, 0.3) is 0 Å². The first-order valence-corrected chi connectivity index (χ1v) is 6.94. The minimum absolute atomic E-state index is 0.0626. The van der Waals surface area contributed by atoms with Crippen LogP contribution in [-0.4, -0.2) is 11.2 Å². The van der Waals surface area contributed by atoms with E-state index >= 15 is 0 Å². The van der Waals surface area contributed by atoms with E-state index in [2.05, 4.69) is 17.5 Å². The lowest BCUT2D eigenvalue weighted by molar-refractivity contribution is 0.0777. The lowest BCUT2D eigenvalue weighted by Gasteiger charge is -2.26. The van der Waals surface area contributed by atoms with Crippen molar-refractivity contribution in [3.05, 3.63) is 22.4 Å². The highest BCUT2D eigenvalue weighted by atomic mass is 32.1. The Morgan fingerprint density at radius 3 is 2.80 bits per heavy atom. The zero-order chi connectivity index (χ0) is 10.5. The van der Waals surface area contributed by atoms with Gasteiger partial charge in [-0.1, -0.05) is 25.3 Å². The monoisotopic (exact) mass is 224 g/mol. The van der Waals surface area contributed by atoms with Crippen LogP contribution in [0.4, 0.5) is 0 Å². The van der Waals surface area contributed by atoms with Crippen molar-refractivity contribution in [2.24, 2.45) is 5.92 Å². The maximum atomic E-state index is 10.1. The highest BCUT2D eigenvalue weighted by Gasteiger charge is 2.21. The molecule has 0 saturated heterocycles. The molecule has 0 aliphatic heterocycles. The van der Waals surface area contributed by atoms with Gasteiger partial charge in [-0.25, -0.2) is 0 Å². The average molecular weight is 224 g/mol. The van der Waals surface area contributed by atoms with Gasteiger partial charge in [-0.3, -0.25) is 0 Å². The third kappa shape index (κ3) is 3.32. The summed E-state index contributed by atoms with van der Waals surface area (Å²) in [5.74, 6) is 0.582. The average Bonchev–Trinajstić information content (AvgIpc) is 2.80. The van der Waals surface area contributed by atoms with E-state index < -0.39 is 0 Å². The molecular weight excluding hydrogens is 204 g/mol. The minimum Gasteiger partial charge on any atom is -0.393 e. The predicted octanol–water partition coefficient (Wildman–Crippen LogP) is 3.62. The molecule has 0 radical (unpaired) electrons. The normalized spacial score (nSPS) is 20.3. The Balaban J connectivity index is 1.74. The van der Waals surface area contributed by atoms with Gasteiger partial charge in [0, 0.05) is 4.88 Å². The second-order valence-corrected chi connectivity index (χ2v) is 5.62. The SMILES string of the molecule is O[C@@H](CCc1cccs1)C1CCCCC1. The van der Waals surface area contributed by atoms with Crippen molar-refractivity contribution in [1.29, 1.82) is 0 Å². The largest absolute Gasteiger partial charge is 0.393 e. The topological polar surface area (TPSA) is 20.2 Å². The maximum absolute atomic E-state index is 10.1. The molecule has 2 heteroatoms. The fraction of sp³-hybridized carbons (Fsp3) is 0.692. The zero-order valence-corrected chi connectivity index (χ0v) is 10.0. The zero-order valence-electron chi connectivity index (χ0n) is 9.19. The molecular formula is C13H20OS. The first kappa shape index (κ1) is 11.2. The molecule has 1 atom stereocenters. The van der Waals surface area contributed by atoms with Crippen LogP contribution in [0.2, 0.25) is 0 Å². The number of hydrogen-bond acceptors (Lipinski definition) is 2. The summed E-state index contributed by atoms with van der Waals surface area (Å²) in [6, 6.07) is 4.26. The van der Waals surface area contributed by atoms with Crippen LogP contribution in [0, 0.1) is 5.92 Å². The first-order chi connectivity index (χ1) is 7.36. The summed E-state index contributed by atoms with van der Waals surface area (Å²) in [6.45, 7) is 0. The van der Waals surface area contributed by atoms with E-state index in [0.29, 0.717) is 5.92 Å². The smallest absolute Gasteiger partial charge is 0.0571 e. The van der Waals surface area contributed by atoms with E-state index in [-0.39, 0.29) is 6.10 Å². The molecule has 1 saturated carbocycles. The van der Waals surface area contributed by atoms with E-state index in [1.165, 1.54) is 37.0 Å². The molecule has 15 heavy (non-hydrogen) atoms. The van der Waals surface area contributed by atoms with Crippen LogP contribution in [0.1, 0.15) is 43.4 Å². The highest BCUT2D eigenvalue weighted by Crippen LogP contribution is 2.28. The maximum Gasteiger partial charge on any atom is 0.0571 e. The van der Waals surface area contributed by atoms with Crippen LogP contribution in [0.3, 0.4) is 0 Å². The van der Waals surface area contributed by atoms with Gasteiger partial charge >= 0.3 is 0 Å². The van der Waals surface area contributed by atoms with Gasteiger partial charge in [-0.15, -0.1) is 11.3 Å². The summed E-state index contributed by atoms with van der Waals surface area (Å²) in [6.07, 6.45) is 8.43. The van der Waals surface area contributed by atoms with Crippen molar-refractivity contribution >= 4 is 11.3 Å². The third-order valence-electron chi connectivity index (χ3n) is 3.46. The lowest BCUT2D eigenvalue weighted by atomic mass is 9.84. The molecule has 0 aromatic carbocycles. The second kappa shape index (κ2) is 5.66. The number of aryl methyl sites for hydroxylation is 1. The summed E-state index contributed by atoms with van der Waals surface area (Å²) in [4.78, 5) is 1.41. The van der Waals surface area contributed by atoms with E-state index in [1.807, 2.05) is 0 Å². The molecule has 1 heterocycles. The molecule has 2 rings (SSSR count). The summed E-state index contributed by atoms with van der Waals surface area (Å²) in [5, 5.41) is 12.2. The van der Waals surface area contributed by atoms with Crippen molar-refractivity contribution in [3.63, 3.8) is 0 Å². The first-order valence-electron chi connectivity index (χ1n) is 6.06. The van der Waals surface area contributed by atoms with Gasteiger partial charge in [0.05, 0.1) is 6.10 Å². The Kier molecular flexibility index (Phi) is 4.21. The molecule has 1 aromatic rings. The molecule has 1 N–H and O–H groups in total. The van der Waals surface area contributed by atoms with E-state index in [4.69, 9.17) is 0 Å². The molecule has 1 aromatic heterocycles. The number of aliphatic hydroxyl groups excluding tert-OH is 1. The van der Waals surface area contributed by atoms with Crippen LogP contribution in [-0.2, 0) is 6.42 Å². The van der Waals surface area contributed by atoms with E-state index in [9.17, 15) is 5.11 Å². The fourth-order valence-corrected chi connectivity index (χ4v) is 3.22. The second-order valence-electron chi connectivity index (χ2n) is 4.58.